The van der Waals surface area contributed by atoms with Crippen LogP contribution in [0.1, 0.15) is 5.56 Å². The number of imidazole rings is 1. The maximum absolute atomic E-state index is 4.81. The minimum Gasteiger partial charge on any atom is -0.283 e. The number of para-hydroxylation sites is 2. The van der Waals surface area contributed by atoms with Crippen LogP contribution in [0.25, 0.3) is 11.4 Å². The second kappa shape index (κ2) is 5.28. The summed E-state index contributed by atoms with van der Waals surface area (Å²) in [4.78, 5) is 9.17. The first-order chi connectivity index (χ1) is 13.4. The van der Waals surface area contributed by atoms with E-state index in [1.54, 1.807) is 6.20 Å². The zero-order valence-corrected chi connectivity index (χ0v) is 14.2. The molecular formula is C19H14N8. The van der Waals surface area contributed by atoms with Crippen molar-refractivity contribution in [1.29, 1.82) is 0 Å². The van der Waals surface area contributed by atoms with Gasteiger partial charge in [0.05, 0.1) is 23.8 Å². The summed E-state index contributed by atoms with van der Waals surface area (Å²) in [6.45, 7) is 0.481. The van der Waals surface area contributed by atoms with Crippen LogP contribution in [-0.4, -0.2) is 37.0 Å². The number of hydrogen-bond donors (Lipinski definition) is 0. The van der Waals surface area contributed by atoms with Crippen LogP contribution in [0.3, 0.4) is 0 Å². The third-order valence-corrected chi connectivity index (χ3v) is 4.83. The van der Waals surface area contributed by atoms with Crippen molar-refractivity contribution in [3.05, 3.63) is 78.9 Å². The van der Waals surface area contributed by atoms with Gasteiger partial charge in [0.25, 0.3) is 0 Å². The molecule has 0 fully saturated rings. The molecule has 2 aliphatic heterocycles. The zero-order valence-electron chi connectivity index (χ0n) is 14.2. The lowest BCUT2D eigenvalue weighted by atomic mass is 10.1. The summed E-state index contributed by atoms with van der Waals surface area (Å²) in [6.07, 6.45) is 5.43. The van der Waals surface area contributed by atoms with Gasteiger partial charge in [-0.05, 0) is 24.3 Å². The average Bonchev–Trinajstić information content (AvgIpc) is 3.46. The van der Waals surface area contributed by atoms with E-state index in [9.17, 15) is 0 Å². The molecule has 0 saturated carbocycles. The van der Waals surface area contributed by atoms with Crippen molar-refractivity contribution in [2.24, 2.45) is 4.99 Å². The molecule has 0 spiro atoms. The van der Waals surface area contributed by atoms with Crippen LogP contribution < -0.4 is 10.0 Å². The number of hydrazine groups is 1. The number of aliphatic imine (C=N–C) groups is 1. The molecule has 130 valence electrons. The summed E-state index contributed by atoms with van der Waals surface area (Å²) in [5, 5.41) is 12.6. The van der Waals surface area contributed by atoms with E-state index in [0.717, 1.165) is 34.4 Å². The lowest BCUT2D eigenvalue weighted by Gasteiger charge is -2.34. The molecule has 0 atom stereocenters. The Balaban J connectivity index is 1.51. The fourth-order valence-corrected chi connectivity index (χ4v) is 3.65. The van der Waals surface area contributed by atoms with E-state index in [1.165, 1.54) is 0 Å². The third-order valence-electron chi connectivity index (χ3n) is 4.83. The Morgan fingerprint density at radius 1 is 0.852 bits per heavy atom. The highest BCUT2D eigenvalue weighted by atomic mass is 15.7. The monoisotopic (exact) mass is 354 g/mol. The van der Waals surface area contributed by atoms with Gasteiger partial charge in [-0.2, -0.15) is 4.68 Å². The smallest absolute Gasteiger partial charge is 0.173 e. The van der Waals surface area contributed by atoms with Gasteiger partial charge in [0.1, 0.15) is 13.0 Å². The molecule has 27 heavy (non-hydrogen) atoms. The second-order valence-corrected chi connectivity index (χ2v) is 6.31. The fourth-order valence-electron chi connectivity index (χ4n) is 3.65. The number of hydrogen-bond acceptors (Lipinski definition) is 6. The molecule has 0 bridgehead atoms. The molecule has 4 heterocycles. The summed E-state index contributed by atoms with van der Waals surface area (Å²) < 4.78 is 3.89. The van der Waals surface area contributed by atoms with E-state index >= 15 is 0 Å². The Morgan fingerprint density at radius 3 is 2.63 bits per heavy atom. The Hall–Kier alpha value is -3.94. The summed E-state index contributed by atoms with van der Waals surface area (Å²) in [5.41, 5.74) is 3.10. The van der Waals surface area contributed by atoms with E-state index in [-0.39, 0.29) is 0 Å². The molecule has 0 radical (unpaired) electrons. The largest absolute Gasteiger partial charge is 0.283 e. The highest BCUT2D eigenvalue weighted by molar-refractivity contribution is 6.16. The number of aromatic nitrogens is 5. The van der Waals surface area contributed by atoms with Gasteiger partial charge in [-0.25, -0.2) is 20.0 Å². The van der Waals surface area contributed by atoms with Gasteiger partial charge >= 0.3 is 0 Å². The van der Waals surface area contributed by atoms with Gasteiger partial charge in [-0.15, -0.1) is 5.10 Å². The van der Waals surface area contributed by atoms with E-state index in [2.05, 4.69) is 42.0 Å². The topological polar surface area (TPSA) is 67.4 Å². The van der Waals surface area contributed by atoms with E-state index in [4.69, 9.17) is 4.99 Å². The molecule has 8 heteroatoms. The zero-order chi connectivity index (χ0) is 17.8. The van der Waals surface area contributed by atoms with Crippen molar-refractivity contribution in [2.45, 2.75) is 0 Å². The van der Waals surface area contributed by atoms with Crippen molar-refractivity contribution >= 4 is 17.5 Å². The first kappa shape index (κ1) is 14.3. The van der Waals surface area contributed by atoms with Gasteiger partial charge in [0.15, 0.2) is 17.5 Å². The van der Waals surface area contributed by atoms with Crippen LogP contribution in [0.2, 0.25) is 0 Å². The fraction of sp³-hybridized carbons (Fsp3) is 0.0526. The van der Waals surface area contributed by atoms with E-state index < -0.39 is 0 Å². The highest BCUT2D eigenvalue weighted by Gasteiger charge is 2.37. The number of amidine groups is 1. The molecule has 0 N–H and O–H groups in total. The molecule has 0 aliphatic carbocycles. The normalized spacial score (nSPS) is 14.6. The summed E-state index contributed by atoms with van der Waals surface area (Å²) in [7, 11) is 0. The molecule has 2 aromatic heterocycles. The van der Waals surface area contributed by atoms with Crippen molar-refractivity contribution in [1.82, 2.24) is 24.5 Å². The highest BCUT2D eigenvalue weighted by Crippen LogP contribution is 2.36. The lowest BCUT2D eigenvalue weighted by molar-refractivity contribution is 0.762. The Labute approximate surface area is 154 Å². The molecule has 8 nitrogen and oxygen atoms in total. The third kappa shape index (κ3) is 1.92. The van der Waals surface area contributed by atoms with Gasteiger partial charge in [0.2, 0.25) is 0 Å². The second-order valence-electron chi connectivity index (χ2n) is 6.31. The molecule has 0 amide bonds. The van der Waals surface area contributed by atoms with Crippen molar-refractivity contribution < 1.29 is 0 Å². The molecule has 2 aromatic carbocycles. The lowest BCUT2D eigenvalue weighted by Crippen LogP contribution is -2.46. The van der Waals surface area contributed by atoms with Gasteiger partial charge in [0, 0.05) is 5.56 Å². The predicted molar refractivity (Wildman–Crippen MR) is 101 cm³/mol. The van der Waals surface area contributed by atoms with Crippen molar-refractivity contribution in [3.63, 3.8) is 0 Å². The van der Waals surface area contributed by atoms with Gasteiger partial charge < -0.3 is 0 Å². The number of fused-ring (bicyclic) bond motifs is 6. The van der Waals surface area contributed by atoms with Crippen LogP contribution in [-0.2, 0) is 0 Å². The SMILES string of the molecule is c1ccc(-n2nncc2N2CN=C3c4ccccc4-n4cncc4N32)cc1. The number of nitrogens with zero attached hydrogens (tertiary/aromatic N) is 8. The summed E-state index contributed by atoms with van der Waals surface area (Å²) in [6, 6.07) is 18.2. The predicted octanol–water partition coefficient (Wildman–Crippen LogP) is 2.41. The standard InChI is InChI=1S/C19H14N8/c1-2-6-14(7-3-1)26-18(11-22-23-26)25-13-21-19-15-8-4-5-9-16(15)24-12-20-10-17(24)27(19)25/h1-12H,13H2. The minimum atomic E-state index is 0.481. The Morgan fingerprint density at radius 2 is 1.70 bits per heavy atom. The molecule has 6 rings (SSSR count). The Bertz CT molecular complexity index is 1170. The number of anilines is 2. The number of benzene rings is 2. The van der Waals surface area contributed by atoms with Crippen LogP contribution >= 0.6 is 0 Å². The van der Waals surface area contributed by atoms with Crippen molar-refractivity contribution in [3.8, 4) is 11.4 Å². The minimum absolute atomic E-state index is 0.481. The summed E-state index contributed by atoms with van der Waals surface area (Å²) >= 11 is 0. The first-order valence-corrected chi connectivity index (χ1v) is 8.62. The Kier molecular flexibility index (Phi) is 2.79. The van der Waals surface area contributed by atoms with Crippen LogP contribution in [0.15, 0.2) is 78.3 Å². The maximum Gasteiger partial charge on any atom is 0.173 e. The molecule has 4 aromatic rings. The van der Waals surface area contributed by atoms with Crippen LogP contribution in [0.4, 0.5) is 11.6 Å². The van der Waals surface area contributed by atoms with E-state index in [1.807, 2.05) is 59.7 Å². The van der Waals surface area contributed by atoms with E-state index in [0.29, 0.717) is 6.67 Å². The maximum atomic E-state index is 4.81. The quantitative estimate of drug-likeness (QED) is 0.553. The number of rotatable bonds is 2. The van der Waals surface area contributed by atoms with Crippen LogP contribution in [0, 0.1) is 0 Å². The molecule has 2 aliphatic rings. The van der Waals surface area contributed by atoms with Crippen LogP contribution in [0.5, 0.6) is 0 Å². The van der Waals surface area contributed by atoms with Crippen molar-refractivity contribution in [2.75, 3.05) is 16.7 Å². The molecular weight excluding hydrogens is 340 g/mol. The molecule has 0 unspecified atom stereocenters. The summed E-state index contributed by atoms with van der Waals surface area (Å²) in [5.74, 6) is 2.68. The molecule has 0 saturated heterocycles. The van der Waals surface area contributed by atoms with Gasteiger partial charge in [-0.1, -0.05) is 35.5 Å². The van der Waals surface area contributed by atoms with Gasteiger partial charge in [-0.3, -0.25) is 4.57 Å². The first-order valence-electron chi connectivity index (χ1n) is 8.62. The average molecular weight is 354 g/mol.